The van der Waals surface area contributed by atoms with E-state index in [1.54, 1.807) is 0 Å². The Balaban J connectivity index is 0. The fraction of sp³-hybridized carbons (Fsp3) is 0. The molecule has 0 saturated carbocycles. The topological polar surface area (TPSA) is 60.7 Å². The van der Waals surface area contributed by atoms with Gasteiger partial charge in [-0.2, -0.15) is 0 Å². The van der Waals surface area contributed by atoms with Gasteiger partial charge >= 0.3 is 39.1 Å². The quantitative estimate of drug-likeness (QED) is 0.288. The van der Waals surface area contributed by atoms with E-state index in [0.717, 1.165) is 0 Å². The maximum absolute atomic E-state index is 7.31. The van der Waals surface area contributed by atoms with Crippen LogP contribution in [-0.4, -0.2) is 53.5 Å². The molecular formula is H5NaO3Si. The van der Waals surface area contributed by atoms with E-state index in [2.05, 4.69) is 0 Å². The van der Waals surface area contributed by atoms with Crippen molar-refractivity contribution < 1.29 is 14.4 Å². The molecule has 28 valence electrons. The van der Waals surface area contributed by atoms with E-state index in [-0.39, 0.29) is 29.6 Å². The molecule has 3 N–H and O–H groups in total. The predicted molar refractivity (Wildman–Crippen MR) is 21.0 cm³/mol. The molecule has 0 unspecified atom stereocenters. The third-order valence-electron chi connectivity index (χ3n) is 0. The molecule has 0 heterocycles. The first kappa shape index (κ1) is 9.44. The van der Waals surface area contributed by atoms with Gasteiger partial charge < -0.3 is 14.4 Å². The Morgan fingerprint density at radius 3 is 1.00 bits per heavy atom. The van der Waals surface area contributed by atoms with Gasteiger partial charge in [0, 0.05) is 0 Å². The zero-order chi connectivity index (χ0) is 3.58. The van der Waals surface area contributed by atoms with Gasteiger partial charge in [-0.15, -0.1) is 0 Å². The van der Waals surface area contributed by atoms with Crippen molar-refractivity contribution in [2.75, 3.05) is 0 Å². The van der Waals surface area contributed by atoms with Crippen LogP contribution in [-0.2, 0) is 0 Å². The third-order valence-corrected chi connectivity index (χ3v) is 0. The zero-order valence-corrected chi connectivity index (χ0v) is 3.07. The standard InChI is InChI=1S/Na.H4O3Si.H/c;1-4(2)3;/h;1-4H;. The molecule has 0 aromatic heterocycles. The van der Waals surface area contributed by atoms with Gasteiger partial charge in [-0.05, 0) is 0 Å². The fourth-order valence-corrected chi connectivity index (χ4v) is 0. The van der Waals surface area contributed by atoms with Crippen LogP contribution in [0.2, 0.25) is 0 Å². The summed E-state index contributed by atoms with van der Waals surface area (Å²) < 4.78 is 0. The molecule has 0 radical (unpaired) electrons. The molecule has 0 aliphatic heterocycles. The first-order valence-electron chi connectivity index (χ1n) is 0.775. The van der Waals surface area contributed by atoms with E-state index in [9.17, 15) is 0 Å². The summed E-state index contributed by atoms with van der Waals surface area (Å²) in [5, 5.41) is 0. The van der Waals surface area contributed by atoms with Crippen LogP contribution in [0.1, 0.15) is 0 Å². The second-order valence-corrected chi connectivity index (χ2v) is 1.04. The Labute approximate surface area is 53.5 Å². The first-order valence-corrected chi connectivity index (χ1v) is 2.32. The van der Waals surface area contributed by atoms with Crippen LogP contribution >= 0.6 is 0 Å². The summed E-state index contributed by atoms with van der Waals surface area (Å²) >= 11 is 0. The summed E-state index contributed by atoms with van der Waals surface area (Å²) in [6, 6.07) is 0. The minimum atomic E-state index is -3.14. The normalized spacial score (nSPS) is 7.20. The molecule has 0 spiro atoms. The number of hydrogen-bond donors (Lipinski definition) is 3. The Morgan fingerprint density at radius 1 is 1.00 bits per heavy atom. The summed E-state index contributed by atoms with van der Waals surface area (Å²) in [4.78, 5) is 21.9. The second-order valence-electron chi connectivity index (χ2n) is 0.346. The summed E-state index contributed by atoms with van der Waals surface area (Å²) in [7, 11) is -3.14. The van der Waals surface area contributed by atoms with Gasteiger partial charge in [0.15, 0.2) is 0 Å². The summed E-state index contributed by atoms with van der Waals surface area (Å²) in [5.74, 6) is 0. The molecule has 0 aliphatic carbocycles. The monoisotopic (exact) mass is 104 g/mol. The van der Waals surface area contributed by atoms with Crippen molar-refractivity contribution in [2.45, 2.75) is 0 Å². The summed E-state index contributed by atoms with van der Waals surface area (Å²) in [5.41, 5.74) is 0. The van der Waals surface area contributed by atoms with Gasteiger partial charge in [-0.3, -0.25) is 0 Å². The van der Waals surface area contributed by atoms with Crippen LogP contribution < -0.4 is 0 Å². The summed E-state index contributed by atoms with van der Waals surface area (Å²) in [6.07, 6.45) is 0. The molecule has 0 rings (SSSR count). The van der Waals surface area contributed by atoms with Gasteiger partial charge in [0.1, 0.15) is 0 Å². The molecular weight excluding hydrogens is 99.1 g/mol. The van der Waals surface area contributed by atoms with Crippen molar-refractivity contribution in [3.8, 4) is 0 Å². The molecule has 0 aliphatic rings. The molecule has 0 aromatic rings. The molecule has 0 amide bonds. The molecule has 5 heteroatoms. The van der Waals surface area contributed by atoms with E-state index in [0.29, 0.717) is 0 Å². The van der Waals surface area contributed by atoms with Crippen molar-refractivity contribution in [3.63, 3.8) is 0 Å². The molecule has 0 fully saturated rings. The SMILES string of the molecule is O[SiH](O)O.[NaH]. The van der Waals surface area contributed by atoms with E-state index in [4.69, 9.17) is 14.4 Å². The predicted octanol–water partition coefficient (Wildman–Crippen LogP) is -2.97. The average Bonchev–Trinajstić information content (AvgIpc) is 0.811. The molecule has 5 heavy (non-hydrogen) atoms. The van der Waals surface area contributed by atoms with E-state index in [1.165, 1.54) is 0 Å². The average molecular weight is 104 g/mol. The van der Waals surface area contributed by atoms with Crippen molar-refractivity contribution in [3.05, 3.63) is 0 Å². The van der Waals surface area contributed by atoms with Crippen molar-refractivity contribution >= 4 is 39.1 Å². The van der Waals surface area contributed by atoms with Gasteiger partial charge in [-0.25, -0.2) is 0 Å². The maximum atomic E-state index is 7.31. The Kier molecular flexibility index (Phi) is 9.62. The van der Waals surface area contributed by atoms with Crippen LogP contribution in [0.3, 0.4) is 0 Å². The summed E-state index contributed by atoms with van der Waals surface area (Å²) in [6.45, 7) is 0. The molecule has 0 saturated heterocycles. The van der Waals surface area contributed by atoms with Crippen LogP contribution in [0.15, 0.2) is 0 Å². The van der Waals surface area contributed by atoms with Crippen molar-refractivity contribution in [2.24, 2.45) is 0 Å². The van der Waals surface area contributed by atoms with Gasteiger partial charge in [0.2, 0.25) is 0 Å². The first-order chi connectivity index (χ1) is 1.73. The number of rotatable bonds is 0. The van der Waals surface area contributed by atoms with Gasteiger partial charge in [-0.1, -0.05) is 0 Å². The number of hydrogen-bond acceptors (Lipinski definition) is 3. The van der Waals surface area contributed by atoms with Crippen molar-refractivity contribution in [1.82, 2.24) is 0 Å². The van der Waals surface area contributed by atoms with E-state index in [1.807, 2.05) is 0 Å². The minimum absolute atomic E-state index is 0. The van der Waals surface area contributed by atoms with Crippen molar-refractivity contribution in [1.29, 1.82) is 0 Å². The molecule has 3 nitrogen and oxygen atoms in total. The molecule has 0 atom stereocenters. The Hall–Kier alpha value is 1.10. The van der Waals surface area contributed by atoms with Gasteiger partial charge in [0.25, 0.3) is 0 Å². The van der Waals surface area contributed by atoms with Crippen LogP contribution in [0, 0.1) is 0 Å². The van der Waals surface area contributed by atoms with Crippen LogP contribution in [0.4, 0.5) is 0 Å². The third kappa shape index (κ3) is 40.6. The Bertz CT molecular complexity index is 11.6. The van der Waals surface area contributed by atoms with E-state index < -0.39 is 9.53 Å². The van der Waals surface area contributed by atoms with Crippen LogP contribution in [0.25, 0.3) is 0 Å². The second kappa shape index (κ2) is 5.10. The fourth-order valence-electron chi connectivity index (χ4n) is 0. The van der Waals surface area contributed by atoms with E-state index >= 15 is 0 Å². The molecule has 0 aromatic carbocycles. The zero-order valence-electron chi connectivity index (χ0n) is 1.92. The van der Waals surface area contributed by atoms with Gasteiger partial charge in [0.05, 0.1) is 0 Å². The Morgan fingerprint density at radius 2 is 1.00 bits per heavy atom. The van der Waals surface area contributed by atoms with Crippen LogP contribution in [0.5, 0.6) is 0 Å². The molecule has 0 bridgehead atoms.